The molecule has 0 aliphatic heterocycles. The molecule has 0 saturated heterocycles. The predicted molar refractivity (Wildman–Crippen MR) is 131 cm³/mol. The molecule has 0 spiro atoms. The zero-order valence-electron chi connectivity index (χ0n) is 19.4. The molecule has 0 aromatic carbocycles. The van der Waals surface area contributed by atoms with Crippen molar-refractivity contribution >= 4 is 31.6 Å². The monoisotopic (exact) mass is 516 g/mol. The number of aromatic nitrogens is 5. The van der Waals surface area contributed by atoms with Crippen LogP contribution in [0.4, 0.5) is 0 Å². The van der Waals surface area contributed by atoms with E-state index in [2.05, 4.69) is 14.8 Å². The Morgan fingerprint density at radius 2 is 1.89 bits per heavy atom. The summed E-state index contributed by atoms with van der Waals surface area (Å²) < 4.78 is 38.0. The number of nitrogens with one attached hydrogen (secondary N) is 1. The van der Waals surface area contributed by atoms with Gasteiger partial charge in [0.1, 0.15) is 9.04 Å². The van der Waals surface area contributed by atoms with Gasteiger partial charge in [0, 0.05) is 36.6 Å². The van der Waals surface area contributed by atoms with E-state index in [9.17, 15) is 18.0 Å². The number of hydrogen-bond donors (Lipinski definition) is 1. The summed E-state index contributed by atoms with van der Waals surface area (Å²) in [6.45, 7) is 1.95. The van der Waals surface area contributed by atoms with Crippen LogP contribution in [0.15, 0.2) is 50.6 Å². The molecule has 0 unspecified atom stereocenters. The molecule has 13 heteroatoms. The van der Waals surface area contributed by atoms with Crippen LogP contribution in [0, 0.1) is 0 Å². The summed E-state index contributed by atoms with van der Waals surface area (Å²) in [5.41, 5.74) is -0.190. The van der Waals surface area contributed by atoms with E-state index >= 15 is 0 Å². The molecule has 35 heavy (non-hydrogen) atoms. The van der Waals surface area contributed by atoms with E-state index in [0.717, 1.165) is 28.7 Å². The smallest absolute Gasteiger partial charge is 0.332 e. The molecule has 0 amide bonds. The Labute approximate surface area is 204 Å². The fraction of sp³-hybridized carbons (Fsp3) is 0.364. The quantitative estimate of drug-likeness (QED) is 0.373. The molecule has 1 N–H and O–H groups in total. The molecular weight excluding hydrogens is 492 g/mol. The minimum absolute atomic E-state index is 0.00198. The van der Waals surface area contributed by atoms with Gasteiger partial charge in [0.05, 0.1) is 31.8 Å². The average Bonchev–Trinajstić information content (AvgIpc) is 3.20. The number of hydrogen-bond acceptors (Lipinski definition) is 8. The molecule has 0 bridgehead atoms. The van der Waals surface area contributed by atoms with Gasteiger partial charge in [-0.3, -0.25) is 18.6 Å². The minimum atomic E-state index is -3.85. The third kappa shape index (κ3) is 4.54. The Bertz CT molecular complexity index is 1640. The van der Waals surface area contributed by atoms with E-state index in [1.807, 2.05) is 6.92 Å². The van der Waals surface area contributed by atoms with Gasteiger partial charge in [0.25, 0.3) is 15.6 Å². The van der Waals surface area contributed by atoms with Gasteiger partial charge in [-0.05, 0) is 31.4 Å². The number of thiophene rings is 1. The molecule has 4 aromatic rings. The number of methoxy groups -OCH3 is 1. The SMILES string of the molecule is COc1ccc(Cn2c(=O)n(Cc3cnn(C)c3)c(=O)c3cc(S(=O)(=O)NC4(C)CC4)sc32)cn1. The molecule has 1 aliphatic carbocycles. The van der Waals surface area contributed by atoms with Crippen molar-refractivity contribution in [2.24, 2.45) is 7.05 Å². The van der Waals surface area contributed by atoms with Gasteiger partial charge in [-0.25, -0.2) is 22.9 Å². The lowest BCUT2D eigenvalue weighted by Crippen LogP contribution is -2.40. The van der Waals surface area contributed by atoms with Gasteiger partial charge in [0.2, 0.25) is 5.88 Å². The average molecular weight is 517 g/mol. The van der Waals surface area contributed by atoms with Crippen molar-refractivity contribution < 1.29 is 13.2 Å². The molecule has 5 rings (SSSR count). The number of rotatable bonds is 8. The van der Waals surface area contributed by atoms with Crippen LogP contribution in [0.25, 0.3) is 10.2 Å². The number of pyridine rings is 1. The van der Waals surface area contributed by atoms with Crippen molar-refractivity contribution in [2.75, 3.05) is 7.11 Å². The van der Waals surface area contributed by atoms with Crippen LogP contribution in [0.5, 0.6) is 5.88 Å². The van der Waals surface area contributed by atoms with E-state index in [1.165, 1.54) is 17.7 Å². The zero-order chi connectivity index (χ0) is 25.0. The maximum Gasteiger partial charge on any atom is 0.332 e. The molecular formula is C22H24N6O5S2. The molecule has 0 radical (unpaired) electrons. The maximum atomic E-state index is 13.5. The number of nitrogens with zero attached hydrogens (tertiary/aromatic N) is 5. The molecule has 0 atom stereocenters. The lowest BCUT2D eigenvalue weighted by Gasteiger charge is -2.12. The second-order valence-electron chi connectivity index (χ2n) is 8.94. The number of sulfonamides is 1. The van der Waals surface area contributed by atoms with Gasteiger partial charge in [0.15, 0.2) is 0 Å². The van der Waals surface area contributed by atoms with E-state index in [-0.39, 0.29) is 22.7 Å². The fourth-order valence-electron chi connectivity index (χ4n) is 3.80. The first kappa shape index (κ1) is 23.5. The molecule has 4 aromatic heterocycles. The van der Waals surface area contributed by atoms with Crippen LogP contribution in [-0.4, -0.2) is 45.0 Å². The summed E-state index contributed by atoms with van der Waals surface area (Å²) in [5, 5.41) is 4.27. The third-order valence-corrected chi connectivity index (χ3v) is 9.23. The number of ether oxygens (including phenoxy) is 1. The third-order valence-electron chi connectivity index (χ3n) is 5.96. The zero-order valence-corrected chi connectivity index (χ0v) is 21.0. The highest BCUT2D eigenvalue weighted by Gasteiger charge is 2.41. The Hall–Kier alpha value is -3.29. The highest BCUT2D eigenvalue weighted by atomic mass is 32.2. The first-order valence-electron chi connectivity index (χ1n) is 10.9. The van der Waals surface area contributed by atoms with Crippen LogP contribution in [0.2, 0.25) is 0 Å². The summed E-state index contributed by atoms with van der Waals surface area (Å²) in [4.78, 5) is 31.4. The molecule has 1 saturated carbocycles. The van der Waals surface area contributed by atoms with Crippen LogP contribution < -0.4 is 20.7 Å². The highest BCUT2D eigenvalue weighted by Crippen LogP contribution is 2.37. The van der Waals surface area contributed by atoms with Crippen LogP contribution in [0.3, 0.4) is 0 Å². The van der Waals surface area contributed by atoms with E-state index in [1.54, 1.807) is 42.5 Å². The van der Waals surface area contributed by atoms with Crippen LogP contribution in [0.1, 0.15) is 30.9 Å². The summed E-state index contributed by atoms with van der Waals surface area (Å²) >= 11 is 0.911. The largest absolute Gasteiger partial charge is 0.481 e. The Kier molecular flexibility index (Phi) is 5.65. The minimum Gasteiger partial charge on any atom is -0.481 e. The topological polar surface area (TPSA) is 130 Å². The molecule has 1 fully saturated rings. The normalized spacial score (nSPS) is 14.9. The van der Waals surface area contributed by atoms with Crippen molar-refractivity contribution in [1.82, 2.24) is 28.6 Å². The first-order valence-corrected chi connectivity index (χ1v) is 13.2. The lowest BCUT2D eigenvalue weighted by molar-refractivity contribution is 0.397. The first-order chi connectivity index (χ1) is 16.6. The van der Waals surface area contributed by atoms with Crippen molar-refractivity contribution in [2.45, 2.75) is 42.6 Å². The second-order valence-corrected chi connectivity index (χ2v) is 11.9. The summed E-state index contributed by atoms with van der Waals surface area (Å²) in [7, 11) is -0.599. The van der Waals surface area contributed by atoms with Gasteiger partial charge in [-0.2, -0.15) is 5.10 Å². The Balaban J connectivity index is 1.67. The second kappa shape index (κ2) is 8.43. The summed E-state index contributed by atoms with van der Waals surface area (Å²) in [6, 6.07) is 4.80. The van der Waals surface area contributed by atoms with Crippen LogP contribution in [-0.2, 0) is 30.2 Å². The van der Waals surface area contributed by atoms with Crippen molar-refractivity contribution in [3.8, 4) is 5.88 Å². The van der Waals surface area contributed by atoms with Crippen molar-refractivity contribution in [3.63, 3.8) is 0 Å². The van der Waals surface area contributed by atoms with E-state index < -0.39 is 26.8 Å². The van der Waals surface area contributed by atoms with Gasteiger partial charge < -0.3 is 4.74 Å². The lowest BCUT2D eigenvalue weighted by atomic mass is 10.2. The van der Waals surface area contributed by atoms with Gasteiger partial charge >= 0.3 is 5.69 Å². The molecule has 4 heterocycles. The van der Waals surface area contributed by atoms with Crippen molar-refractivity contribution in [3.05, 3.63) is 68.8 Å². The van der Waals surface area contributed by atoms with Crippen molar-refractivity contribution in [1.29, 1.82) is 0 Å². The van der Waals surface area contributed by atoms with E-state index in [0.29, 0.717) is 21.8 Å². The Morgan fingerprint density at radius 3 is 2.49 bits per heavy atom. The number of aryl methyl sites for hydroxylation is 1. The van der Waals surface area contributed by atoms with Crippen LogP contribution >= 0.6 is 11.3 Å². The van der Waals surface area contributed by atoms with Gasteiger partial charge in [-0.1, -0.05) is 6.07 Å². The summed E-state index contributed by atoms with van der Waals surface area (Å²) in [5.74, 6) is 0.428. The summed E-state index contributed by atoms with van der Waals surface area (Å²) in [6.07, 6.45) is 6.39. The highest BCUT2D eigenvalue weighted by molar-refractivity contribution is 7.91. The molecule has 1 aliphatic rings. The van der Waals surface area contributed by atoms with E-state index in [4.69, 9.17) is 4.74 Å². The Morgan fingerprint density at radius 1 is 1.14 bits per heavy atom. The maximum absolute atomic E-state index is 13.5. The predicted octanol–water partition coefficient (Wildman–Crippen LogP) is 1.29. The standard InChI is InChI=1S/C22H24N6O5S2/c1-22(6-7-22)25-35(31,32)18-8-16-19(29)27(13-15-10-24-26(2)11-15)21(30)28(20(16)34-18)12-14-4-5-17(33-3)23-9-14/h4-5,8-11,25H,6-7,12-13H2,1-3H3. The number of fused-ring (bicyclic) bond motifs is 1. The fourth-order valence-corrected chi connectivity index (χ4v) is 6.70. The van der Waals surface area contributed by atoms with Gasteiger partial charge in [-0.15, -0.1) is 11.3 Å². The molecule has 11 nitrogen and oxygen atoms in total. The molecule has 184 valence electrons.